The predicted molar refractivity (Wildman–Crippen MR) is 127 cm³/mol. The van der Waals surface area contributed by atoms with Gasteiger partial charge in [-0.05, 0) is 61.0 Å². The number of carbonyl (C=O) groups is 2. The number of carbonyl (C=O) groups excluding carboxylic acids is 2. The van der Waals surface area contributed by atoms with Crippen LogP contribution >= 0.6 is 0 Å². The van der Waals surface area contributed by atoms with Crippen molar-refractivity contribution < 1.29 is 14.3 Å². The van der Waals surface area contributed by atoms with Gasteiger partial charge in [0.1, 0.15) is 11.4 Å². The molecular weight excluding hydrogens is 416 g/mol. The summed E-state index contributed by atoms with van der Waals surface area (Å²) in [5.41, 5.74) is 5.22. The van der Waals surface area contributed by atoms with E-state index in [1.54, 1.807) is 12.0 Å². The van der Waals surface area contributed by atoms with Gasteiger partial charge in [0.25, 0.3) is 0 Å². The van der Waals surface area contributed by atoms with Crippen LogP contribution in [0.4, 0.5) is 11.4 Å². The van der Waals surface area contributed by atoms with Crippen molar-refractivity contribution in [2.45, 2.75) is 13.3 Å². The fourth-order valence-corrected chi connectivity index (χ4v) is 4.12. The maximum atomic E-state index is 12.9. The topological polar surface area (TPSA) is 75.9 Å². The van der Waals surface area contributed by atoms with Crippen LogP contribution in [0.1, 0.15) is 12.0 Å². The summed E-state index contributed by atoms with van der Waals surface area (Å²) >= 11 is 0. The van der Waals surface area contributed by atoms with Crippen molar-refractivity contribution in [3.8, 4) is 17.0 Å². The molecule has 7 heteroatoms. The third-order valence-electron chi connectivity index (χ3n) is 5.92. The molecule has 2 aromatic carbocycles. The molecule has 0 aliphatic carbocycles. The van der Waals surface area contributed by atoms with E-state index in [4.69, 9.17) is 9.72 Å². The number of pyridine rings is 1. The Hall–Kier alpha value is -4.13. The lowest BCUT2D eigenvalue weighted by Gasteiger charge is -2.17. The molecule has 5 rings (SSSR count). The minimum atomic E-state index is -0.415. The quantitative estimate of drug-likeness (QED) is 0.502. The fraction of sp³-hybridized carbons (Fsp3) is 0.192. The highest BCUT2D eigenvalue weighted by Gasteiger charge is 2.35. The van der Waals surface area contributed by atoms with E-state index >= 15 is 0 Å². The van der Waals surface area contributed by atoms with Gasteiger partial charge in [0.05, 0.1) is 18.7 Å². The third kappa shape index (κ3) is 4.17. The second kappa shape index (κ2) is 8.43. The minimum Gasteiger partial charge on any atom is -0.497 e. The number of nitrogens with one attached hydrogen (secondary N) is 1. The van der Waals surface area contributed by atoms with E-state index in [1.165, 1.54) is 0 Å². The number of ether oxygens (including phenoxy) is 1. The normalized spacial score (nSPS) is 15.8. The van der Waals surface area contributed by atoms with Gasteiger partial charge in [-0.2, -0.15) is 0 Å². The Morgan fingerprint density at radius 3 is 2.73 bits per heavy atom. The van der Waals surface area contributed by atoms with Crippen LogP contribution in [0.2, 0.25) is 0 Å². The highest BCUT2D eigenvalue weighted by atomic mass is 16.5. The molecule has 0 bridgehead atoms. The second-order valence-electron chi connectivity index (χ2n) is 8.27. The van der Waals surface area contributed by atoms with Gasteiger partial charge >= 0.3 is 0 Å². The number of aryl methyl sites for hydroxylation is 1. The zero-order valence-corrected chi connectivity index (χ0v) is 18.5. The number of methoxy groups -OCH3 is 1. The van der Waals surface area contributed by atoms with Gasteiger partial charge in [-0.15, -0.1) is 0 Å². The largest absolute Gasteiger partial charge is 0.497 e. The number of hydrogen-bond acceptors (Lipinski definition) is 4. The molecule has 166 valence electrons. The van der Waals surface area contributed by atoms with E-state index < -0.39 is 5.92 Å². The molecule has 0 saturated carbocycles. The van der Waals surface area contributed by atoms with Gasteiger partial charge in [0.2, 0.25) is 11.8 Å². The summed E-state index contributed by atoms with van der Waals surface area (Å²) in [6.45, 7) is 2.39. The Labute approximate surface area is 191 Å². The van der Waals surface area contributed by atoms with E-state index in [2.05, 4.69) is 5.32 Å². The molecule has 1 N–H and O–H groups in total. The maximum Gasteiger partial charge on any atom is 0.229 e. The Kier molecular flexibility index (Phi) is 5.30. The lowest BCUT2D eigenvalue weighted by atomic mass is 10.1. The van der Waals surface area contributed by atoms with Crippen LogP contribution in [-0.4, -0.2) is 34.9 Å². The highest BCUT2D eigenvalue weighted by molar-refractivity contribution is 6.03. The van der Waals surface area contributed by atoms with Crippen molar-refractivity contribution >= 4 is 28.8 Å². The third-order valence-corrected chi connectivity index (χ3v) is 5.92. The van der Waals surface area contributed by atoms with E-state index in [-0.39, 0.29) is 18.2 Å². The minimum absolute atomic E-state index is 0.0611. The smallest absolute Gasteiger partial charge is 0.229 e. The molecule has 1 saturated heterocycles. The Bertz CT molecular complexity index is 1340. The monoisotopic (exact) mass is 440 g/mol. The molecule has 1 aliphatic rings. The zero-order valence-electron chi connectivity index (χ0n) is 18.5. The average molecular weight is 441 g/mol. The predicted octanol–water partition coefficient (Wildman–Crippen LogP) is 4.31. The summed E-state index contributed by atoms with van der Waals surface area (Å²) in [5.74, 6) is 0.0814. The van der Waals surface area contributed by atoms with Crippen LogP contribution in [0.3, 0.4) is 0 Å². The number of rotatable bonds is 5. The van der Waals surface area contributed by atoms with Gasteiger partial charge in [-0.3, -0.25) is 9.59 Å². The first-order chi connectivity index (χ1) is 16.0. The van der Waals surface area contributed by atoms with E-state index in [9.17, 15) is 9.59 Å². The Morgan fingerprint density at radius 1 is 1.12 bits per heavy atom. The number of amides is 2. The van der Waals surface area contributed by atoms with Gasteiger partial charge in [0.15, 0.2) is 0 Å². The molecule has 1 fully saturated rings. The summed E-state index contributed by atoms with van der Waals surface area (Å²) in [6.07, 6.45) is 4.14. The molecule has 0 spiro atoms. The van der Waals surface area contributed by atoms with Crippen molar-refractivity contribution in [1.82, 2.24) is 9.38 Å². The van der Waals surface area contributed by atoms with Gasteiger partial charge in [-0.25, -0.2) is 4.98 Å². The first-order valence-electron chi connectivity index (χ1n) is 10.8. The standard InChI is InChI=1S/C26H24N4O3/c1-17-10-11-29-16-23(28-24(29)12-17)18-4-3-5-20(13-18)27-26(32)19-14-25(31)30(15-19)21-6-8-22(33-2)9-7-21/h3-13,16,19H,14-15H2,1-2H3,(H,27,32)/t19-/m0/s1. The summed E-state index contributed by atoms with van der Waals surface area (Å²) < 4.78 is 7.15. The van der Waals surface area contributed by atoms with Gasteiger partial charge in [-0.1, -0.05) is 12.1 Å². The van der Waals surface area contributed by atoms with E-state index in [1.807, 2.05) is 84.4 Å². The van der Waals surface area contributed by atoms with Crippen LogP contribution in [0.15, 0.2) is 73.1 Å². The van der Waals surface area contributed by atoms with Gasteiger partial charge in [0, 0.05) is 42.3 Å². The van der Waals surface area contributed by atoms with Crippen molar-refractivity contribution in [2.75, 3.05) is 23.9 Å². The first-order valence-corrected chi connectivity index (χ1v) is 10.8. The molecule has 1 atom stereocenters. The Morgan fingerprint density at radius 2 is 1.94 bits per heavy atom. The maximum absolute atomic E-state index is 12.9. The first kappa shape index (κ1) is 20.8. The number of aromatic nitrogens is 2. The molecular formula is C26H24N4O3. The molecule has 2 amide bonds. The summed E-state index contributed by atoms with van der Waals surface area (Å²) in [7, 11) is 1.60. The lowest BCUT2D eigenvalue weighted by molar-refractivity contribution is -0.122. The summed E-state index contributed by atoms with van der Waals surface area (Å²) in [5, 5.41) is 2.98. The molecule has 4 aromatic rings. The van der Waals surface area contributed by atoms with E-state index in [0.717, 1.165) is 33.9 Å². The molecule has 0 radical (unpaired) electrons. The van der Waals surface area contributed by atoms with Crippen LogP contribution < -0.4 is 15.0 Å². The lowest BCUT2D eigenvalue weighted by Crippen LogP contribution is -2.28. The molecule has 3 heterocycles. The summed E-state index contributed by atoms with van der Waals surface area (Å²) in [6, 6.07) is 19.0. The van der Waals surface area contributed by atoms with Crippen molar-refractivity contribution in [3.05, 3.63) is 78.6 Å². The zero-order chi connectivity index (χ0) is 22.9. The average Bonchev–Trinajstić information content (AvgIpc) is 3.42. The number of benzene rings is 2. The number of hydrogen-bond donors (Lipinski definition) is 1. The van der Waals surface area contributed by atoms with Crippen molar-refractivity contribution in [1.29, 1.82) is 0 Å². The Balaban J connectivity index is 1.30. The van der Waals surface area contributed by atoms with Crippen LogP contribution in [0.25, 0.3) is 16.9 Å². The van der Waals surface area contributed by atoms with Crippen LogP contribution in [0.5, 0.6) is 5.75 Å². The SMILES string of the molecule is COc1ccc(N2C[C@@H](C(=O)Nc3cccc(-c4cn5ccc(C)cc5n4)c3)CC2=O)cc1. The van der Waals surface area contributed by atoms with Crippen LogP contribution in [-0.2, 0) is 9.59 Å². The highest BCUT2D eigenvalue weighted by Crippen LogP contribution is 2.28. The molecule has 7 nitrogen and oxygen atoms in total. The fourth-order valence-electron chi connectivity index (χ4n) is 4.12. The second-order valence-corrected chi connectivity index (χ2v) is 8.27. The van der Waals surface area contributed by atoms with Crippen molar-refractivity contribution in [2.24, 2.45) is 5.92 Å². The molecule has 2 aromatic heterocycles. The molecule has 33 heavy (non-hydrogen) atoms. The number of nitrogens with zero attached hydrogens (tertiary/aromatic N) is 3. The number of fused-ring (bicyclic) bond motifs is 1. The van der Waals surface area contributed by atoms with Crippen molar-refractivity contribution in [3.63, 3.8) is 0 Å². The molecule has 0 unspecified atom stereocenters. The number of anilines is 2. The van der Waals surface area contributed by atoms with Crippen LogP contribution in [0, 0.1) is 12.8 Å². The van der Waals surface area contributed by atoms with Gasteiger partial charge < -0.3 is 19.4 Å². The number of imidazole rings is 1. The molecule has 1 aliphatic heterocycles. The summed E-state index contributed by atoms with van der Waals surface area (Å²) in [4.78, 5) is 31.8. The van der Waals surface area contributed by atoms with E-state index in [0.29, 0.717) is 12.2 Å².